The minimum absolute atomic E-state index is 0.00940. The number of hydrogen-bond acceptors (Lipinski definition) is 4. The largest absolute Gasteiger partial charge is 0.367 e. The van der Waals surface area contributed by atoms with Crippen LogP contribution >= 0.6 is 0 Å². The molecule has 0 aromatic heterocycles. The van der Waals surface area contributed by atoms with E-state index in [1.54, 1.807) is 19.1 Å². The molecule has 28 heavy (non-hydrogen) atoms. The fourth-order valence-electron chi connectivity index (χ4n) is 4.28. The normalized spacial score (nSPS) is 19.0. The highest BCUT2D eigenvalue weighted by Crippen LogP contribution is 2.41. The van der Waals surface area contributed by atoms with E-state index in [4.69, 9.17) is 0 Å². The van der Waals surface area contributed by atoms with Gasteiger partial charge in [0, 0.05) is 35.7 Å². The molecular formula is C24H23NO3. The Morgan fingerprint density at radius 2 is 1.39 bits per heavy atom. The van der Waals surface area contributed by atoms with Crippen molar-refractivity contribution in [3.63, 3.8) is 0 Å². The number of benzene rings is 2. The van der Waals surface area contributed by atoms with Crippen molar-refractivity contribution in [1.82, 2.24) is 4.90 Å². The highest BCUT2D eigenvalue weighted by Gasteiger charge is 2.37. The third-order valence-corrected chi connectivity index (χ3v) is 5.75. The Hall–Kier alpha value is -3.01. The minimum atomic E-state index is 0.00940. The van der Waals surface area contributed by atoms with Crippen LogP contribution in [0.3, 0.4) is 0 Å². The van der Waals surface area contributed by atoms with Crippen molar-refractivity contribution in [2.45, 2.75) is 39.2 Å². The molecule has 4 rings (SSSR count). The maximum absolute atomic E-state index is 13.1. The zero-order chi connectivity index (χ0) is 19.8. The lowest BCUT2D eigenvalue weighted by Gasteiger charge is -2.35. The van der Waals surface area contributed by atoms with Crippen molar-refractivity contribution in [3.8, 4) is 0 Å². The van der Waals surface area contributed by atoms with Crippen LogP contribution < -0.4 is 0 Å². The first-order chi connectivity index (χ1) is 13.5. The van der Waals surface area contributed by atoms with Gasteiger partial charge in [0.1, 0.15) is 0 Å². The molecule has 1 fully saturated rings. The van der Waals surface area contributed by atoms with Gasteiger partial charge in [-0.15, -0.1) is 0 Å². The molecule has 2 heterocycles. The van der Waals surface area contributed by atoms with Crippen molar-refractivity contribution in [3.05, 3.63) is 70.8 Å². The van der Waals surface area contributed by atoms with Gasteiger partial charge in [0.15, 0.2) is 17.3 Å². The molecule has 2 aromatic rings. The van der Waals surface area contributed by atoms with Crippen molar-refractivity contribution < 1.29 is 14.4 Å². The summed E-state index contributed by atoms with van der Waals surface area (Å²) in [6.07, 6.45) is 2.62. The predicted octanol–water partition coefficient (Wildman–Crippen LogP) is 4.40. The third kappa shape index (κ3) is 3.19. The third-order valence-electron chi connectivity index (χ3n) is 5.75. The number of hydrogen-bond donors (Lipinski definition) is 0. The minimum Gasteiger partial charge on any atom is -0.367 e. The van der Waals surface area contributed by atoms with E-state index in [0.29, 0.717) is 23.1 Å². The van der Waals surface area contributed by atoms with E-state index in [1.807, 2.05) is 36.4 Å². The van der Waals surface area contributed by atoms with E-state index >= 15 is 0 Å². The second-order valence-corrected chi connectivity index (χ2v) is 7.61. The van der Waals surface area contributed by atoms with Crippen LogP contribution in [-0.4, -0.2) is 34.8 Å². The van der Waals surface area contributed by atoms with Gasteiger partial charge in [0.05, 0.1) is 5.70 Å². The highest BCUT2D eigenvalue weighted by molar-refractivity contribution is 6.29. The van der Waals surface area contributed by atoms with Gasteiger partial charge >= 0.3 is 0 Å². The van der Waals surface area contributed by atoms with Crippen molar-refractivity contribution in [2.24, 2.45) is 0 Å². The van der Waals surface area contributed by atoms with Crippen LogP contribution in [0.25, 0.3) is 11.3 Å². The predicted molar refractivity (Wildman–Crippen MR) is 109 cm³/mol. The summed E-state index contributed by atoms with van der Waals surface area (Å²) in [7, 11) is 0. The van der Waals surface area contributed by atoms with Crippen LogP contribution in [0, 0.1) is 0 Å². The zero-order valence-corrected chi connectivity index (χ0v) is 16.2. The highest BCUT2D eigenvalue weighted by atomic mass is 16.1. The second-order valence-electron chi connectivity index (χ2n) is 7.61. The lowest BCUT2D eigenvalue weighted by atomic mass is 9.87. The number of Topliss-reactive ketones (excluding diaryl/α,β-unsaturated/α-hetero) is 3. The van der Waals surface area contributed by atoms with Gasteiger partial charge in [-0.25, -0.2) is 0 Å². The van der Waals surface area contributed by atoms with E-state index in [0.717, 1.165) is 36.2 Å². The average molecular weight is 373 g/mol. The van der Waals surface area contributed by atoms with Crippen molar-refractivity contribution in [1.29, 1.82) is 0 Å². The van der Waals surface area contributed by atoms with E-state index in [9.17, 15) is 14.4 Å². The SMILES string of the molecule is CC(=O)c1ccc(C2=C(c3ccc(C(C)=O)cc3)N3CCC[C@@H]3CC2=O)cc1. The second kappa shape index (κ2) is 7.19. The molecule has 0 radical (unpaired) electrons. The molecule has 4 heteroatoms. The molecule has 0 saturated carbocycles. The molecule has 0 bridgehead atoms. The first-order valence-electron chi connectivity index (χ1n) is 9.72. The quantitative estimate of drug-likeness (QED) is 0.746. The summed E-state index contributed by atoms with van der Waals surface area (Å²) in [5.74, 6) is 0.180. The summed E-state index contributed by atoms with van der Waals surface area (Å²) < 4.78 is 0. The topological polar surface area (TPSA) is 54.5 Å². The monoisotopic (exact) mass is 373 g/mol. The summed E-state index contributed by atoms with van der Waals surface area (Å²) in [4.78, 5) is 38.7. The summed E-state index contributed by atoms with van der Waals surface area (Å²) in [5.41, 5.74) is 4.76. The summed E-state index contributed by atoms with van der Waals surface area (Å²) in [5, 5.41) is 0. The van der Waals surface area contributed by atoms with Gasteiger partial charge < -0.3 is 4.90 Å². The molecule has 0 aliphatic carbocycles. The van der Waals surface area contributed by atoms with Gasteiger partial charge in [-0.3, -0.25) is 14.4 Å². The first-order valence-corrected chi connectivity index (χ1v) is 9.72. The van der Waals surface area contributed by atoms with Crippen molar-refractivity contribution >= 4 is 28.6 Å². The molecular weight excluding hydrogens is 350 g/mol. The molecule has 0 spiro atoms. The Balaban J connectivity index is 1.87. The van der Waals surface area contributed by atoms with E-state index in [2.05, 4.69) is 4.90 Å². The number of allylic oxidation sites excluding steroid dienone is 1. The van der Waals surface area contributed by atoms with Crippen LogP contribution in [0.4, 0.5) is 0 Å². The Morgan fingerprint density at radius 1 is 0.857 bits per heavy atom. The smallest absolute Gasteiger partial charge is 0.167 e. The fraction of sp³-hybridized carbons (Fsp3) is 0.292. The molecule has 2 aromatic carbocycles. The molecule has 142 valence electrons. The van der Waals surface area contributed by atoms with Crippen LogP contribution in [0.15, 0.2) is 48.5 Å². The van der Waals surface area contributed by atoms with Crippen LogP contribution in [-0.2, 0) is 4.79 Å². The molecule has 0 N–H and O–H groups in total. The summed E-state index contributed by atoms with van der Waals surface area (Å²) >= 11 is 0. The van der Waals surface area contributed by atoms with E-state index in [-0.39, 0.29) is 23.4 Å². The first kappa shape index (κ1) is 18.4. The zero-order valence-electron chi connectivity index (χ0n) is 16.2. The lowest BCUT2D eigenvalue weighted by molar-refractivity contribution is -0.114. The molecule has 2 aliphatic heterocycles. The number of ketones is 3. The molecule has 2 aliphatic rings. The maximum Gasteiger partial charge on any atom is 0.167 e. The van der Waals surface area contributed by atoms with Crippen LogP contribution in [0.5, 0.6) is 0 Å². The Labute approximate surface area is 164 Å². The van der Waals surface area contributed by atoms with Crippen molar-refractivity contribution in [2.75, 3.05) is 6.54 Å². The Kier molecular flexibility index (Phi) is 4.71. The van der Waals surface area contributed by atoms with Gasteiger partial charge in [-0.1, -0.05) is 48.5 Å². The molecule has 0 amide bonds. The molecule has 1 saturated heterocycles. The van der Waals surface area contributed by atoms with Gasteiger partial charge in [0.25, 0.3) is 0 Å². The summed E-state index contributed by atoms with van der Waals surface area (Å²) in [6.45, 7) is 4.02. The van der Waals surface area contributed by atoms with Gasteiger partial charge in [-0.05, 0) is 37.8 Å². The van der Waals surface area contributed by atoms with E-state index < -0.39 is 0 Å². The van der Waals surface area contributed by atoms with Crippen LogP contribution in [0.1, 0.15) is 65.0 Å². The number of nitrogens with zero attached hydrogens (tertiary/aromatic N) is 1. The van der Waals surface area contributed by atoms with Crippen LogP contribution in [0.2, 0.25) is 0 Å². The number of carbonyl (C=O) groups excluding carboxylic acids is 3. The molecule has 0 unspecified atom stereocenters. The van der Waals surface area contributed by atoms with Gasteiger partial charge in [0.2, 0.25) is 0 Å². The maximum atomic E-state index is 13.1. The average Bonchev–Trinajstić information content (AvgIpc) is 3.15. The standard InChI is InChI=1S/C24H23NO3/c1-15(26)17-5-9-19(10-6-17)23-22(28)14-21-4-3-13-25(21)24(23)20-11-7-18(8-12-20)16(2)27/h5-12,21H,3-4,13-14H2,1-2H3/t21-/m1/s1. The molecule has 1 atom stereocenters. The number of rotatable bonds is 4. The Morgan fingerprint density at radius 3 is 1.93 bits per heavy atom. The number of carbonyl (C=O) groups is 3. The Bertz CT molecular complexity index is 984. The summed E-state index contributed by atoms with van der Waals surface area (Å²) in [6, 6.07) is 15.1. The molecule has 4 nitrogen and oxygen atoms in total. The van der Waals surface area contributed by atoms with E-state index in [1.165, 1.54) is 6.92 Å². The van der Waals surface area contributed by atoms with Gasteiger partial charge in [-0.2, -0.15) is 0 Å². The lowest BCUT2D eigenvalue weighted by Crippen LogP contribution is -2.36. The fourth-order valence-corrected chi connectivity index (χ4v) is 4.28. The number of fused-ring (bicyclic) bond motifs is 1.